The number of carbonyl (C=O) groups is 1. The minimum Gasteiger partial charge on any atom is -0.471 e. The van der Waals surface area contributed by atoms with Gasteiger partial charge in [-0.25, -0.2) is 4.68 Å². The summed E-state index contributed by atoms with van der Waals surface area (Å²) in [5.41, 5.74) is 2.78. The standard InChI is InChI=1S/C18H15BrN2O2/c1-13(22)21-11-17(15-8-5-9-16(19)10-15)18(20-21)23-12-14-6-3-2-4-7-14/h2-11H,12H2,1H3. The highest BCUT2D eigenvalue weighted by molar-refractivity contribution is 9.10. The quantitative estimate of drug-likeness (QED) is 0.676. The fourth-order valence-electron chi connectivity index (χ4n) is 2.21. The van der Waals surface area contributed by atoms with Crippen LogP contribution in [-0.2, 0) is 6.61 Å². The lowest BCUT2D eigenvalue weighted by atomic mass is 10.1. The highest BCUT2D eigenvalue weighted by Crippen LogP contribution is 2.31. The lowest BCUT2D eigenvalue weighted by Gasteiger charge is -2.06. The third-order valence-electron chi connectivity index (χ3n) is 3.36. The van der Waals surface area contributed by atoms with E-state index < -0.39 is 0 Å². The van der Waals surface area contributed by atoms with Crippen LogP contribution >= 0.6 is 15.9 Å². The van der Waals surface area contributed by atoms with Gasteiger partial charge in [-0.15, -0.1) is 5.10 Å². The molecule has 1 heterocycles. The molecule has 0 amide bonds. The summed E-state index contributed by atoms with van der Waals surface area (Å²) >= 11 is 3.46. The summed E-state index contributed by atoms with van der Waals surface area (Å²) < 4.78 is 8.11. The van der Waals surface area contributed by atoms with E-state index >= 15 is 0 Å². The summed E-state index contributed by atoms with van der Waals surface area (Å²) in [6, 6.07) is 17.7. The molecule has 0 aliphatic rings. The van der Waals surface area contributed by atoms with Gasteiger partial charge in [0.25, 0.3) is 0 Å². The van der Waals surface area contributed by atoms with Crippen LogP contribution in [0.15, 0.2) is 65.3 Å². The van der Waals surface area contributed by atoms with Gasteiger partial charge in [0.1, 0.15) is 6.61 Å². The second-order valence-electron chi connectivity index (χ2n) is 5.10. The van der Waals surface area contributed by atoms with Gasteiger partial charge in [-0.05, 0) is 23.3 Å². The highest BCUT2D eigenvalue weighted by Gasteiger charge is 2.15. The number of carbonyl (C=O) groups excluding carboxylic acids is 1. The van der Waals surface area contributed by atoms with Crippen LogP contribution in [-0.4, -0.2) is 15.7 Å². The largest absolute Gasteiger partial charge is 0.471 e. The summed E-state index contributed by atoms with van der Waals surface area (Å²) in [7, 11) is 0. The SMILES string of the molecule is CC(=O)n1cc(-c2cccc(Br)c2)c(OCc2ccccc2)n1. The van der Waals surface area contributed by atoms with Gasteiger partial charge < -0.3 is 4.74 Å². The molecule has 116 valence electrons. The molecule has 2 aromatic carbocycles. The lowest BCUT2D eigenvalue weighted by molar-refractivity contribution is 0.0918. The maximum Gasteiger partial charge on any atom is 0.243 e. The van der Waals surface area contributed by atoms with E-state index in [4.69, 9.17) is 4.74 Å². The van der Waals surface area contributed by atoms with Gasteiger partial charge in [-0.1, -0.05) is 58.4 Å². The number of aromatic nitrogens is 2. The van der Waals surface area contributed by atoms with Gasteiger partial charge >= 0.3 is 0 Å². The van der Waals surface area contributed by atoms with Crippen LogP contribution in [0.5, 0.6) is 5.88 Å². The smallest absolute Gasteiger partial charge is 0.243 e. The van der Waals surface area contributed by atoms with Crippen molar-refractivity contribution in [2.45, 2.75) is 13.5 Å². The third kappa shape index (κ3) is 3.68. The Bertz CT molecular complexity index is 828. The zero-order chi connectivity index (χ0) is 16.2. The number of hydrogen-bond acceptors (Lipinski definition) is 3. The molecule has 0 radical (unpaired) electrons. The number of benzene rings is 2. The predicted molar refractivity (Wildman–Crippen MR) is 92.4 cm³/mol. The van der Waals surface area contributed by atoms with E-state index in [1.54, 1.807) is 6.20 Å². The van der Waals surface area contributed by atoms with E-state index in [0.29, 0.717) is 12.5 Å². The summed E-state index contributed by atoms with van der Waals surface area (Å²) in [4.78, 5) is 11.6. The Morgan fingerprint density at radius 3 is 2.65 bits per heavy atom. The molecule has 0 unspecified atom stereocenters. The Balaban J connectivity index is 1.93. The number of rotatable bonds is 4. The molecular formula is C18H15BrN2O2. The summed E-state index contributed by atoms with van der Waals surface area (Å²) in [5.74, 6) is 0.290. The van der Waals surface area contributed by atoms with Crippen molar-refractivity contribution in [1.29, 1.82) is 0 Å². The zero-order valence-corrected chi connectivity index (χ0v) is 14.2. The van der Waals surface area contributed by atoms with Crippen molar-refractivity contribution in [1.82, 2.24) is 9.78 Å². The van der Waals surface area contributed by atoms with Crippen molar-refractivity contribution in [2.75, 3.05) is 0 Å². The van der Waals surface area contributed by atoms with E-state index in [-0.39, 0.29) is 5.91 Å². The zero-order valence-electron chi connectivity index (χ0n) is 12.6. The molecule has 1 aromatic heterocycles. The normalized spacial score (nSPS) is 10.5. The summed E-state index contributed by atoms with van der Waals surface area (Å²) in [5, 5.41) is 4.26. The molecule has 0 fully saturated rings. The van der Waals surface area contributed by atoms with Crippen LogP contribution in [0.1, 0.15) is 17.3 Å². The molecule has 0 spiro atoms. The molecule has 0 bridgehead atoms. The second kappa shape index (κ2) is 6.79. The molecular weight excluding hydrogens is 356 g/mol. The lowest BCUT2D eigenvalue weighted by Crippen LogP contribution is -2.06. The molecule has 0 atom stereocenters. The van der Waals surface area contributed by atoms with Gasteiger partial charge in [0.05, 0.1) is 5.56 Å². The Morgan fingerprint density at radius 1 is 1.17 bits per heavy atom. The average Bonchev–Trinajstić information content (AvgIpc) is 2.98. The van der Waals surface area contributed by atoms with Gasteiger partial charge in [0.2, 0.25) is 11.8 Å². The second-order valence-corrected chi connectivity index (χ2v) is 6.01. The minimum absolute atomic E-state index is 0.157. The molecule has 0 saturated heterocycles. The average molecular weight is 371 g/mol. The topological polar surface area (TPSA) is 44.1 Å². The van der Waals surface area contributed by atoms with Gasteiger partial charge in [-0.2, -0.15) is 0 Å². The van der Waals surface area contributed by atoms with E-state index in [1.807, 2.05) is 54.6 Å². The molecule has 4 nitrogen and oxygen atoms in total. The fraction of sp³-hybridized carbons (Fsp3) is 0.111. The molecule has 23 heavy (non-hydrogen) atoms. The molecule has 0 aliphatic heterocycles. The first-order chi connectivity index (χ1) is 11.1. The van der Waals surface area contributed by atoms with Crippen LogP contribution in [0.25, 0.3) is 11.1 Å². The van der Waals surface area contributed by atoms with Crippen LogP contribution < -0.4 is 4.74 Å². The Morgan fingerprint density at radius 2 is 1.96 bits per heavy atom. The van der Waals surface area contributed by atoms with E-state index in [9.17, 15) is 4.79 Å². The molecule has 0 aliphatic carbocycles. The van der Waals surface area contributed by atoms with Crippen molar-refractivity contribution in [3.63, 3.8) is 0 Å². The Hall–Kier alpha value is -2.40. The molecule has 0 N–H and O–H groups in total. The van der Waals surface area contributed by atoms with E-state index in [1.165, 1.54) is 11.6 Å². The summed E-state index contributed by atoms with van der Waals surface area (Å²) in [6.45, 7) is 1.87. The Kier molecular flexibility index (Phi) is 4.57. The van der Waals surface area contributed by atoms with Crippen molar-refractivity contribution in [3.05, 3.63) is 70.8 Å². The number of nitrogens with zero attached hydrogens (tertiary/aromatic N) is 2. The predicted octanol–water partition coefficient (Wildman–Crippen LogP) is 4.55. The minimum atomic E-state index is -0.157. The monoisotopic (exact) mass is 370 g/mol. The first-order valence-corrected chi connectivity index (χ1v) is 7.96. The van der Waals surface area contributed by atoms with Gasteiger partial charge in [-0.3, -0.25) is 4.79 Å². The maximum atomic E-state index is 11.6. The van der Waals surface area contributed by atoms with Gasteiger partial charge in [0, 0.05) is 17.6 Å². The van der Waals surface area contributed by atoms with Crippen LogP contribution in [0.2, 0.25) is 0 Å². The fourth-order valence-corrected chi connectivity index (χ4v) is 2.61. The highest BCUT2D eigenvalue weighted by atomic mass is 79.9. The Labute approximate surface area is 142 Å². The van der Waals surface area contributed by atoms with Crippen molar-refractivity contribution in [3.8, 4) is 17.0 Å². The first-order valence-electron chi connectivity index (χ1n) is 7.17. The first kappa shape index (κ1) is 15.5. The number of ether oxygens (including phenoxy) is 1. The third-order valence-corrected chi connectivity index (χ3v) is 3.85. The number of hydrogen-bond donors (Lipinski definition) is 0. The van der Waals surface area contributed by atoms with Gasteiger partial charge in [0.15, 0.2) is 0 Å². The molecule has 3 rings (SSSR count). The van der Waals surface area contributed by atoms with Crippen LogP contribution in [0, 0.1) is 0 Å². The maximum absolute atomic E-state index is 11.6. The van der Waals surface area contributed by atoms with Crippen molar-refractivity contribution < 1.29 is 9.53 Å². The van der Waals surface area contributed by atoms with Crippen molar-refractivity contribution >= 4 is 21.8 Å². The molecule has 0 saturated carbocycles. The van der Waals surface area contributed by atoms with Crippen LogP contribution in [0.4, 0.5) is 0 Å². The van der Waals surface area contributed by atoms with Crippen molar-refractivity contribution in [2.24, 2.45) is 0 Å². The van der Waals surface area contributed by atoms with Crippen LogP contribution in [0.3, 0.4) is 0 Å². The number of halogens is 1. The molecule has 5 heteroatoms. The molecule has 3 aromatic rings. The summed E-state index contributed by atoms with van der Waals surface area (Å²) in [6.07, 6.45) is 1.70. The van der Waals surface area contributed by atoms with E-state index in [2.05, 4.69) is 21.0 Å². The van der Waals surface area contributed by atoms with E-state index in [0.717, 1.165) is 21.2 Å².